The van der Waals surface area contributed by atoms with Crippen molar-refractivity contribution in [2.45, 2.75) is 45.3 Å². The SMILES string of the molecule is COCC(C)N(C)c1c(CNC2CC2)c(C)nn1C. The van der Waals surface area contributed by atoms with Crippen LogP contribution in [0.4, 0.5) is 5.82 Å². The lowest BCUT2D eigenvalue weighted by Crippen LogP contribution is -2.35. The first-order valence-corrected chi connectivity index (χ1v) is 7.02. The summed E-state index contributed by atoms with van der Waals surface area (Å²) in [6.07, 6.45) is 2.62. The van der Waals surface area contributed by atoms with E-state index >= 15 is 0 Å². The van der Waals surface area contributed by atoms with E-state index in [1.165, 1.54) is 24.2 Å². The van der Waals surface area contributed by atoms with Crippen LogP contribution in [-0.2, 0) is 18.3 Å². The molecule has 0 spiro atoms. The van der Waals surface area contributed by atoms with Gasteiger partial charge < -0.3 is 15.0 Å². The van der Waals surface area contributed by atoms with Gasteiger partial charge in [-0.3, -0.25) is 4.68 Å². The van der Waals surface area contributed by atoms with Crippen molar-refractivity contribution >= 4 is 5.82 Å². The molecule has 1 heterocycles. The molecule has 19 heavy (non-hydrogen) atoms. The Kier molecular flexibility index (Phi) is 4.47. The molecule has 1 saturated carbocycles. The van der Waals surface area contributed by atoms with E-state index in [0.717, 1.165) is 18.8 Å². The average molecular weight is 266 g/mol. The Morgan fingerprint density at radius 3 is 2.79 bits per heavy atom. The van der Waals surface area contributed by atoms with Crippen LogP contribution in [0.1, 0.15) is 31.0 Å². The first kappa shape index (κ1) is 14.3. The molecule has 5 nitrogen and oxygen atoms in total. The van der Waals surface area contributed by atoms with Gasteiger partial charge in [0.2, 0.25) is 0 Å². The Bertz CT molecular complexity index is 425. The second-order valence-corrected chi connectivity index (χ2v) is 5.58. The minimum atomic E-state index is 0.333. The third-order valence-electron chi connectivity index (χ3n) is 3.86. The second kappa shape index (κ2) is 5.92. The summed E-state index contributed by atoms with van der Waals surface area (Å²) in [4.78, 5) is 2.26. The molecule has 0 aromatic carbocycles. The molecule has 1 aromatic rings. The number of hydrogen-bond acceptors (Lipinski definition) is 4. The van der Waals surface area contributed by atoms with Gasteiger partial charge in [0.05, 0.1) is 18.3 Å². The Morgan fingerprint density at radius 2 is 2.21 bits per heavy atom. The maximum Gasteiger partial charge on any atom is 0.131 e. The summed E-state index contributed by atoms with van der Waals surface area (Å²) in [5.74, 6) is 1.19. The first-order chi connectivity index (χ1) is 9.04. The normalized spacial score (nSPS) is 16.7. The average Bonchev–Trinajstić information content (AvgIpc) is 3.13. The number of nitrogens with one attached hydrogen (secondary N) is 1. The molecule has 2 rings (SSSR count). The Morgan fingerprint density at radius 1 is 1.53 bits per heavy atom. The highest BCUT2D eigenvalue weighted by molar-refractivity contribution is 5.50. The predicted octanol–water partition coefficient (Wildman–Crippen LogP) is 1.45. The fourth-order valence-corrected chi connectivity index (χ4v) is 2.43. The van der Waals surface area contributed by atoms with E-state index in [1.54, 1.807) is 7.11 Å². The van der Waals surface area contributed by atoms with Gasteiger partial charge in [-0.25, -0.2) is 0 Å². The molecule has 108 valence electrons. The number of hydrogen-bond donors (Lipinski definition) is 1. The highest BCUT2D eigenvalue weighted by Gasteiger charge is 2.24. The van der Waals surface area contributed by atoms with Crippen LogP contribution in [0.3, 0.4) is 0 Å². The summed E-state index contributed by atoms with van der Waals surface area (Å²) in [6.45, 7) is 5.88. The third kappa shape index (κ3) is 3.28. The maximum atomic E-state index is 5.25. The Labute approximate surface area is 115 Å². The standard InChI is InChI=1S/C14H26N4O/c1-10(9-19-5)17(3)14-13(8-15-12-6-7-12)11(2)16-18(14)4/h10,12,15H,6-9H2,1-5H3. The molecule has 0 amide bonds. The molecule has 1 fully saturated rings. The van der Waals surface area contributed by atoms with Crippen molar-refractivity contribution in [1.29, 1.82) is 0 Å². The third-order valence-corrected chi connectivity index (χ3v) is 3.86. The molecule has 1 unspecified atom stereocenters. The van der Waals surface area contributed by atoms with Crippen molar-refractivity contribution in [1.82, 2.24) is 15.1 Å². The minimum Gasteiger partial charge on any atom is -0.383 e. The molecule has 0 aliphatic heterocycles. The topological polar surface area (TPSA) is 42.3 Å². The lowest BCUT2D eigenvalue weighted by molar-refractivity contribution is 0.183. The van der Waals surface area contributed by atoms with Gasteiger partial charge in [0.25, 0.3) is 0 Å². The van der Waals surface area contributed by atoms with Gasteiger partial charge in [0.1, 0.15) is 5.82 Å². The number of methoxy groups -OCH3 is 1. The van der Waals surface area contributed by atoms with Gasteiger partial charge in [0.15, 0.2) is 0 Å². The minimum absolute atomic E-state index is 0.333. The van der Waals surface area contributed by atoms with Gasteiger partial charge in [-0.1, -0.05) is 0 Å². The summed E-state index contributed by atoms with van der Waals surface area (Å²) < 4.78 is 7.23. The molecular formula is C14H26N4O. The van der Waals surface area contributed by atoms with E-state index < -0.39 is 0 Å². The van der Waals surface area contributed by atoms with Crippen LogP contribution in [0.5, 0.6) is 0 Å². The van der Waals surface area contributed by atoms with Gasteiger partial charge in [0, 0.05) is 39.4 Å². The number of aryl methyl sites for hydroxylation is 2. The number of aromatic nitrogens is 2. The van der Waals surface area contributed by atoms with Crippen molar-refractivity contribution < 1.29 is 4.74 Å². The summed E-state index contributed by atoms with van der Waals surface area (Å²) in [7, 11) is 5.87. The second-order valence-electron chi connectivity index (χ2n) is 5.58. The summed E-state index contributed by atoms with van der Waals surface area (Å²) in [5, 5.41) is 8.15. The van der Waals surface area contributed by atoms with Crippen molar-refractivity contribution in [2.75, 3.05) is 25.7 Å². The van der Waals surface area contributed by atoms with Crippen molar-refractivity contribution in [3.05, 3.63) is 11.3 Å². The van der Waals surface area contributed by atoms with E-state index in [-0.39, 0.29) is 0 Å². The number of rotatable bonds is 7. The highest BCUT2D eigenvalue weighted by atomic mass is 16.5. The largest absolute Gasteiger partial charge is 0.383 e. The Hall–Kier alpha value is -1.07. The van der Waals surface area contributed by atoms with Gasteiger partial charge in [-0.2, -0.15) is 5.10 Å². The molecule has 1 aliphatic rings. The van der Waals surface area contributed by atoms with Crippen LogP contribution in [0.25, 0.3) is 0 Å². The number of likely N-dealkylation sites (N-methyl/N-ethyl adjacent to an activating group) is 1. The monoisotopic (exact) mass is 266 g/mol. The lowest BCUT2D eigenvalue weighted by Gasteiger charge is -2.27. The van der Waals surface area contributed by atoms with E-state index in [0.29, 0.717) is 12.1 Å². The van der Waals surface area contributed by atoms with E-state index in [4.69, 9.17) is 4.74 Å². The van der Waals surface area contributed by atoms with E-state index in [2.05, 4.69) is 36.2 Å². The fourth-order valence-electron chi connectivity index (χ4n) is 2.43. The summed E-state index contributed by atoms with van der Waals surface area (Å²) in [5.41, 5.74) is 2.42. The summed E-state index contributed by atoms with van der Waals surface area (Å²) >= 11 is 0. The molecule has 5 heteroatoms. The molecule has 1 atom stereocenters. The number of nitrogens with zero attached hydrogens (tertiary/aromatic N) is 3. The zero-order valence-corrected chi connectivity index (χ0v) is 12.7. The zero-order valence-electron chi connectivity index (χ0n) is 12.7. The van der Waals surface area contributed by atoms with E-state index in [1.807, 2.05) is 11.7 Å². The van der Waals surface area contributed by atoms with Crippen LogP contribution in [0.2, 0.25) is 0 Å². The Balaban J connectivity index is 2.16. The van der Waals surface area contributed by atoms with Crippen LogP contribution >= 0.6 is 0 Å². The fraction of sp³-hybridized carbons (Fsp3) is 0.786. The molecule has 1 N–H and O–H groups in total. The van der Waals surface area contributed by atoms with Crippen molar-refractivity contribution in [3.8, 4) is 0 Å². The van der Waals surface area contributed by atoms with Crippen molar-refractivity contribution in [3.63, 3.8) is 0 Å². The van der Waals surface area contributed by atoms with Gasteiger partial charge >= 0.3 is 0 Å². The van der Waals surface area contributed by atoms with Crippen LogP contribution in [0.15, 0.2) is 0 Å². The molecule has 0 bridgehead atoms. The maximum absolute atomic E-state index is 5.25. The van der Waals surface area contributed by atoms with Crippen LogP contribution in [0, 0.1) is 6.92 Å². The molecular weight excluding hydrogens is 240 g/mol. The smallest absolute Gasteiger partial charge is 0.131 e. The molecule has 1 aromatic heterocycles. The first-order valence-electron chi connectivity index (χ1n) is 7.02. The van der Waals surface area contributed by atoms with Crippen LogP contribution < -0.4 is 10.2 Å². The number of ether oxygens (including phenoxy) is 1. The van der Waals surface area contributed by atoms with E-state index in [9.17, 15) is 0 Å². The number of anilines is 1. The molecule has 1 aliphatic carbocycles. The quantitative estimate of drug-likeness (QED) is 0.811. The predicted molar refractivity (Wildman–Crippen MR) is 77.5 cm³/mol. The van der Waals surface area contributed by atoms with Crippen LogP contribution in [-0.4, -0.2) is 42.6 Å². The lowest BCUT2D eigenvalue weighted by atomic mass is 10.2. The van der Waals surface area contributed by atoms with Crippen molar-refractivity contribution in [2.24, 2.45) is 7.05 Å². The summed E-state index contributed by atoms with van der Waals surface area (Å²) in [6, 6.07) is 1.05. The molecule has 0 saturated heterocycles. The molecule has 0 radical (unpaired) electrons. The van der Waals surface area contributed by atoms with Gasteiger partial charge in [-0.15, -0.1) is 0 Å². The zero-order chi connectivity index (χ0) is 14.0. The van der Waals surface area contributed by atoms with Gasteiger partial charge in [-0.05, 0) is 26.7 Å². The highest BCUT2D eigenvalue weighted by Crippen LogP contribution is 2.26.